The van der Waals surface area contributed by atoms with E-state index in [9.17, 15) is 5.26 Å². The van der Waals surface area contributed by atoms with Gasteiger partial charge in [-0.15, -0.1) is 0 Å². The number of nitrogens with zero attached hydrogens (tertiary/aromatic N) is 1. The van der Waals surface area contributed by atoms with Crippen LogP contribution in [-0.4, -0.2) is 14.2 Å². The van der Waals surface area contributed by atoms with Crippen molar-refractivity contribution in [2.75, 3.05) is 20.0 Å². The lowest BCUT2D eigenvalue weighted by molar-refractivity contribution is 0.395. The van der Waals surface area contributed by atoms with E-state index in [-0.39, 0.29) is 5.88 Å². The molecular formula is C14H14N2O3. The molecule has 1 aromatic carbocycles. The molecule has 0 aliphatic rings. The summed E-state index contributed by atoms with van der Waals surface area (Å²) in [6, 6.07) is 7.42. The number of nitrogen functional groups attached to an aromatic ring is 1. The first-order chi connectivity index (χ1) is 9.12. The van der Waals surface area contributed by atoms with Gasteiger partial charge in [-0.25, -0.2) is 0 Å². The lowest BCUT2D eigenvalue weighted by Crippen LogP contribution is -1.92. The molecule has 2 N–H and O–H groups in total. The van der Waals surface area contributed by atoms with E-state index >= 15 is 0 Å². The highest BCUT2D eigenvalue weighted by atomic mass is 16.5. The molecule has 2 rings (SSSR count). The van der Waals surface area contributed by atoms with E-state index in [2.05, 4.69) is 6.07 Å². The topological polar surface area (TPSA) is 81.4 Å². The van der Waals surface area contributed by atoms with Crippen molar-refractivity contribution < 1.29 is 13.9 Å². The van der Waals surface area contributed by atoms with Crippen LogP contribution in [-0.2, 0) is 0 Å². The Morgan fingerprint density at radius 3 is 2.58 bits per heavy atom. The molecule has 0 aliphatic carbocycles. The number of rotatable bonds is 3. The van der Waals surface area contributed by atoms with E-state index in [4.69, 9.17) is 19.6 Å². The van der Waals surface area contributed by atoms with Crippen molar-refractivity contribution in [3.63, 3.8) is 0 Å². The Morgan fingerprint density at radius 2 is 2.00 bits per heavy atom. The molecule has 19 heavy (non-hydrogen) atoms. The Morgan fingerprint density at radius 1 is 1.26 bits per heavy atom. The number of ether oxygens (including phenoxy) is 2. The Kier molecular flexibility index (Phi) is 3.34. The molecule has 0 spiro atoms. The van der Waals surface area contributed by atoms with E-state index in [0.29, 0.717) is 28.4 Å². The van der Waals surface area contributed by atoms with Crippen molar-refractivity contribution in [3.8, 4) is 28.7 Å². The molecule has 1 heterocycles. The van der Waals surface area contributed by atoms with Gasteiger partial charge in [-0.2, -0.15) is 5.26 Å². The van der Waals surface area contributed by atoms with E-state index in [1.165, 1.54) is 0 Å². The maximum absolute atomic E-state index is 9.18. The predicted octanol–water partition coefficient (Wildman–Crippen LogP) is 2.73. The summed E-state index contributed by atoms with van der Waals surface area (Å²) in [5.41, 5.74) is 7.40. The zero-order valence-electron chi connectivity index (χ0n) is 11.0. The second kappa shape index (κ2) is 4.94. The zero-order chi connectivity index (χ0) is 14.0. The summed E-state index contributed by atoms with van der Waals surface area (Å²) >= 11 is 0. The summed E-state index contributed by atoms with van der Waals surface area (Å²) in [5.74, 6) is 1.97. The van der Waals surface area contributed by atoms with Crippen LogP contribution in [0.1, 0.15) is 11.3 Å². The fourth-order valence-electron chi connectivity index (χ4n) is 2.01. The molecule has 0 unspecified atom stereocenters. The van der Waals surface area contributed by atoms with Gasteiger partial charge in [0.05, 0.1) is 14.2 Å². The standard InChI is InChI=1S/C14H14N2O3/c1-8-13(11(7-15)14(16)19-8)10-5-4-9(17-2)6-12(10)18-3/h4-6H,16H2,1-3H3. The first-order valence-corrected chi connectivity index (χ1v) is 5.63. The van der Waals surface area contributed by atoms with Crippen LogP contribution in [0.15, 0.2) is 22.6 Å². The minimum Gasteiger partial charge on any atom is -0.497 e. The van der Waals surface area contributed by atoms with Gasteiger partial charge in [-0.05, 0) is 19.1 Å². The molecule has 1 aromatic heterocycles. The molecule has 0 bridgehead atoms. The van der Waals surface area contributed by atoms with Crippen LogP contribution >= 0.6 is 0 Å². The van der Waals surface area contributed by atoms with Crippen LogP contribution in [0.5, 0.6) is 11.5 Å². The smallest absolute Gasteiger partial charge is 0.209 e. The highest BCUT2D eigenvalue weighted by Gasteiger charge is 2.20. The summed E-state index contributed by atoms with van der Waals surface area (Å²) in [4.78, 5) is 0. The lowest BCUT2D eigenvalue weighted by atomic mass is 10.0. The molecule has 0 saturated carbocycles. The third kappa shape index (κ3) is 2.08. The van der Waals surface area contributed by atoms with Gasteiger partial charge in [-0.3, -0.25) is 0 Å². The average molecular weight is 258 g/mol. The van der Waals surface area contributed by atoms with Crippen LogP contribution in [0.3, 0.4) is 0 Å². The first kappa shape index (κ1) is 12.8. The number of nitrogens with two attached hydrogens (primary N) is 1. The fraction of sp³-hybridized carbons (Fsp3) is 0.214. The van der Waals surface area contributed by atoms with Crippen molar-refractivity contribution in [2.45, 2.75) is 6.92 Å². The SMILES string of the molecule is COc1ccc(-c2c(C)oc(N)c2C#N)c(OC)c1. The molecule has 0 aliphatic heterocycles. The number of methoxy groups -OCH3 is 2. The molecule has 0 atom stereocenters. The largest absolute Gasteiger partial charge is 0.497 e. The van der Waals surface area contributed by atoms with Crippen LogP contribution in [0.25, 0.3) is 11.1 Å². The van der Waals surface area contributed by atoms with Crippen molar-refractivity contribution in [2.24, 2.45) is 0 Å². The number of anilines is 1. The normalized spacial score (nSPS) is 10.0. The molecule has 0 fully saturated rings. The van der Waals surface area contributed by atoms with Crippen LogP contribution in [0, 0.1) is 18.3 Å². The van der Waals surface area contributed by atoms with Gasteiger partial charge in [-0.1, -0.05) is 0 Å². The van der Waals surface area contributed by atoms with Gasteiger partial charge >= 0.3 is 0 Å². The van der Waals surface area contributed by atoms with Crippen molar-refractivity contribution in [1.29, 1.82) is 5.26 Å². The van der Waals surface area contributed by atoms with E-state index in [0.717, 1.165) is 5.56 Å². The first-order valence-electron chi connectivity index (χ1n) is 5.63. The molecule has 5 nitrogen and oxygen atoms in total. The second-order valence-electron chi connectivity index (χ2n) is 3.95. The number of furan rings is 1. The number of hydrogen-bond acceptors (Lipinski definition) is 5. The maximum Gasteiger partial charge on any atom is 0.209 e. The lowest BCUT2D eigenvalue weighted by Gasteiger charge is -2.10. The van der Waals surface area contributed by atoms with Gasteiger partial charge in [0.2, 0.25) is 5.88 Å². The summed E-state index contributed by atoms with van der Waals surface area (Å²) in [7, 11) is 3.14. The van der Waals surface area contributed by atoms with Crippen molar-refractivity contribution >= 4 is 5.88 Å². The van der Waals surface area contributed by atoms with Crippen molar-refractivity contribution in [1.82, 2.24) is 0 Å². The monoisotopic (exact) mass is 258 g/mol. The predicted molar refractivity (Wildman–Crippen MR) is 71.1 cm³/mol. The molecule has 98 valence electrons. The van der Waals surface area contributed by atoms with E-state index < -0.39 is 0 Å². The quantitative estimate of drug-likeness (QED) is 0.915. The summed E-state index contributed by atoms with van der Waals surface area (Å²) in [5, 5.41) is 9.18. The van der Waals surface area contributed by atoms with E-state index in [1.54, 1.807) is 33.3 Å². The molecule has 2 aromatic rings. The third-order valence-electron chi connectivity index (χ3n) is 2.90. The maximum atomic E-state index is 9.18. The summed E-state index contributed by atoms with van der Waals surface area (Å²) in [6.45, 7) is 1.76. The molecule has 5 heteroatoms. The Labute approximate surface area is 111 Å². The Bertz CT molecular complexity index is 653. The van der Waals surface area contributed by atoms with Crippen LogP contribution < -0.4 is 15.2 Å². The fourth-order valence-corrected chi connectivity index (χ4v) is 2.01. The Balaban J connectivity index is 2.69. The minimum absolute atomic E-state index is 0.118. The number of aryl methyl sites for hydroxylation is 1. The van der Waals surface area contributed by atoms with Gasteiger partial charge in [0.1, 0.15) is 28.9 Å². The van der Waals surface area contributed by atoms with Crippen LogP contribution in [0.2, 0.25) is 0 Å². The highest BCUT2D eigenvalue weighted by molar-refractivity contribution is 5.81. The van der Waals surface area contributed by atoms with Gasteiger partial charge in [0.25, 0.3) is 0 Å². The van der Waals surface area contributed by atoms with Crippen molar-refractivity contribution in [3.05, 3.63) is 29.5 Å². The van der Waals surface area contributed by atoms with Gasteiger partial charge in [0.15, 0.2) is 0 Å². The minimum atomic E-state index is 0.118. The van der Waals surface area contributed by atoms with Crippen LogP contribution in [0.4, 0.5) is 5.88 Å². The average Bonchev–Trinajstić information content (AvgIpc) is 2.71. The molecule has 0 radical (unpaired) electrons. The highest BCUT2D eigenvalue weighted by Crippen LogP contribution is 2.40. The van der Waals surface area contributed by atoms with Gasteiger partial charge < -0.3 is 19.6 Å². The Hall–Kier alpha value is -2.61. The number of nitriles is 1. The molecule has 0 amide bonds. The number of hydrogen-bond donors (Lipinski definition) is 1. The number of benzene rings is 1. The summed E-state index contributed by atoms with van der Waals surface area (Å²) in [6.07, 6.45) is 0. The zero-order valence-corrected chi connectivity index (χ0v) is 11.0. The third-order valence-corrected chi connectivity index (χ3v) is 2.90. The van der Waals surface area contributed by atoms with Gasteiger partial charge in [0, 0.05) is 17.2 Å². The summed E-state index contributed by atoms with van der Waals surface area (Å²) < 4.78 is 15.8. The molecular weight excluding hydrogens is 244 g/mol. The van der Waals surface area contributed by atoms with E-state index in [1.807, 2.05) is 6.07 Å². The second-order valence-corrected chi connectivity index (χ2v) is 3.95. The molecule has 0 saturated heterocycles.